The van der Waals surface area contributed by atoms with Gasteiger partial charge in [-0.1, -0.05) is 78.9 Å². The predicted octanol–water partition coefficient (Wildman–Crippen LogP) is 8.60. The van der Waals surface area contributed by atoms with Crippen LogP contribution in [0.3, 0.4) is 0 Å². The molecule has 5 heterocycles. The van der Waals surface area contributed by atoms with Crippen LogP contribution in [0.1, 0.15) is 97.2 Å². The van der Waals surface area contributed by atoms with Crippen molar-refractivity contribution in [1.29, 1.82) is 0 Å². The average molecular weight is 603 g/mol. The molecule has 1 aromatic carbocycles. The van der Waals surface area contributed by atoms with Gasteiger partial charge in [-0.3, -0.25) is 4.99 Å². The quantitative estimate of drug-likeness (QED) is 0.205. The lowest BCUT2D eigenvalue weighted by atomic mass is 9.90. The Morgan fingerprint density at radius 1 is 0.732 bits per heavy atom. The van der Waals surface area contributed by atoms with Crippen LogP contribution in [0, 0.1) is 0 Å². The van der Waals surface area contributed by atoms with E-state index in [0.717, 1.165) is 38.7 Å². The first kappa shape index (κ1) is 26.8. The van der Waals surface area contributed by atoms with Gasteiger partial charge in [0.25, 0.3) is 0 Å². The van der Waals surface area contributed by atoms with E-state index in [4.69, 9.17) is 16.6 Å². The molecule has 0 spiro atoms. The number of nitrogens with zero attached hydrogens (tertiary/aromatic N) is 7. The van der Waals surface area contributed by atoms with Crippen molar-refractivity contribution in [3.63, 3.8) is 0 Å². The molecule has 210 valence electrons. The average Bonchev–Trinajstić information content (AvgIpc) is 3.77. The highest BCUT2D eigenvalue weighted by molar-refractivity contribution is 7.18. The van der Waals surface area contributed by atoms with Crippen LogP contribution in [0.4, 0.5) is 11.5 Å². The standard InChI is InChI=1S/C19H19N5S.C11H12ClN3S/c1-2-4-12(5-3-1)18-24-16-17(21-11-22-19(16)25-18)23-15-7-6-13-9-20-10-14(13)8-15;12-9-8-11(14-6-13-9)16-10(15-8)7-4-2-1-3-5-7/h6-8,10-12H,1-5,9H2,(H,21,22,23);6-7H,1-5H2. The first-order chi connectivity index (χ1) is 20.2. The molecule has 8 nitrogen and oxygen atoms in total. The second-order valence-corrected chi connectivity index (χ2v) is 13.4. The summed E-state index contributed by atoms with van der Waals surface area (Å²) in [7, 11) is 0. The van der Waals surface area contributed by atoms with E-state index in [9.17, 15) is 0 Å². The second-order valence-electron chi connectivity index (χ2n) is 11.0. The fraction of sp³-hybridized carbons (Fsp3) is 0.433. The normalized spacial score (nSPS) is 17.5. The lowest BCUT2D eigenvalue weighted by Crippen LogP contribution is -2.03. The maximum atomic E-state index is 6.00. The monoisotopic (exact) mass is 602 g/mol. The summed E-state index contributed by atoms with van der Waals surface area (Å²) >= 11 is 9.40. The van der Waals surface area contributed by atoms with Gasteiger partial charge in [0.05, 0.1) is 16.6 Å². The van der Waals surface area contributed by atoms with Crippen LogP contribution in [-0.4, -0.2) is 36.1 Å². The molecule has 0 unspecified atom stereocenters. The van der Waals surface area contributed by atoms with Gasteiger partial charge < -0.3 is 5.32 Å². The molecule has 2 aliphatic carbocycles. The number of rotatable bonds is 4. The molecule has 0 saturated heterocycles. The predicted molar refractivity (Wildman–Crippen MR) is 168 cm³/mol. The molecule has 0 amide bonds. The number of hydrogen-bond donors (Lipinski definition) is 1. The Morgan fingerprint density at radius 2 is 1.37 bits per heavy atom. The molecule has 0 bridgehead atoms. The molecule has 4 aromatic heterocycles. The summed E-state index contributed by atoms with van der Waals surface area (Å²) in [5, 5.41) is 6.31. The van der Waals surface area contributed by atoms with Crippen molar-refractivity contribution < 1.29 is 0 Å². The van der Waals surface area contributed by atoms with Crippen LogP contribution >= 0.6 is 34.3 Å². The van der Waals surface area contributed by atoms with Crippen molar-refractivity contribution in [2.75, 3.05) is 5.32 Å². The summed E-state index contributed by atoms with van der Waals surface area (Å²) in [6, 6.07) is 6.32. The summed E-state index contributed by atoms with van der Waals surface area (Å²) in [6.45, 7) is 0.782. The largest absolute Gasteiger partial charge is 0.338 e. The van der Waals surface area contributed by atoms with E-state index < -0.39 is 0 Å². The van der Waals surface area contributed by atoms with Crippen molar-refractivity contribution in [3.8, 4) is 0 Å². The zero-order chi connectivity index (χ0) is 27.6. The number of fused-ring (bicyclic) bond motifs is 3. The SMILES string of the molecule is C1=NCc2ccc(Nc3ncnc4sc(C5CCCCC5)nc34)cc21.Clc1ncnc2sc(C3CCCCC3)nc12. The van der Waals surface area contributed by atoms with Gasteiger partial charge in [0, 0.05) is 23.7 Å². The minimum atomic E-state index is 0.475. The number of thiazole rings is 2. The van der Waals surface area contributed by atoms with Gasteiger partial charge in [0.2, 0.25) is 0 Å². The third kappa shape index (κ3) is 5.82. The van der Waals surface area contributed by atoms with E-state index in [1.165, 1.54) is 91.7 Å². The zero-order valence-electron chi connectivity index (χ0n) is 22.7. The van der Waals surface area contributed by atoms with Gasteiger partial charge in [-0.15, -0.1) is 0 Å². The van der Waals surface area contributed by atoms with Crippen molar-refractivity contribution in [1.82, 2.24) is 29.9 Å². The van der Waals surface area contributed by atoms with E-state index in [-0.39, 0.29) is 0 Å². The Kier molecular flexibility index (Phi) is 7.86. The van der Waals surface area contributed by atoms with Crippen molar-refractivity contribution in [2.45, 2.75) is 82.6 Å². The summed E-state index contributed by atoms with van der Waals surface area (Å²) in [6.07, 6.45) is 18.1. The summed E-state index contributed by atoms with van der Waals surface area (Å²) in [5.41, 5.74) is 5.12. The number of anilines is 2. The van der Waals surface area contributed by atoms with E-state index in [1.807, 2.05) is 6.21 Å². The Balaban J connectivity index is 0.000000149. The molecule has 41 heavy (non-hydrogen) atoms. The number of hydrogen-bond acceptors (Lipinski definition) is 10. The van der Waals surface area contributed by atoms with Gasteiger partial charge in [-0.05, 0) is 48.9 Å². The third-order valence-electron chi connectivity index (χ3n) is 8.19. The molecule has 8 rings (SSSR count). The fourth-order valence-electron chi connectivity index (χ4n) is 5.97. The maximum Gasteiger partial charge on any atom is 0.161 e. The Labute approximate surface area is 251 Å². The summed E-state index contributed by atoms with van der Waals surface area (Å²) in [4.78, 5) is 32.8. The highest BCUT2D eigenvalue weighted by atomic mass is 35.5. The first-order valence-corrected chi connectivity index (χ1v) is 16.5. The van der Waals surface area contributed by atoms with Gasteiger partial charge in [-0.25, -0.2) is 29.9 Å². The molecule has 5 aromatic rings. The molecule has 11 heteroatoms. The Hall–Kier alpha value is -3.08. The van der Waals surface area contributed by atoms with Crippen LogP contribution < -0.4 is 5.32 Å². The molecule has 2 fully saturated rings. The maximum absolute atomic E-state index is 6.00. The molecular formula is C30H31ClN8S2. The topological polar surface area (TPSA) is 102 Å². The lowest BCUT2D eigenvalue weighted by molar-refractivity contribution is 0.443. The van der Waals surface area contributed by atoms with E-state index >= 15 is 0 Å². The fourth-order valence-corrected chi connectivity index (χ4v) is 8.35. The van der Waals surface area contributed by atoms with Crippen molar-refractivity contribution >= 4 is 72.7 Å². The minimum Gasteiger partial charge on any atom is -0.338 e. The van der Waals surface area contributed by atoms with Gasteiger partial charge in [-0.2, -0.15) is 0 Å². The second kappa shape index (κ2) is 12.0. The van der Waals surface area contributed by atoms with Crippen LogP contribution in [0.15, 0.2) is 35.8 Å². The van der Waals surface area contributed by atoms with E-state index in [1.54, 1.807) is 29.0 Å². The number of halogens is 1. The van der Waals surface area contributed by atoms with Crippen molar-refractivity contribution in [2.24, 2.45) is 4.99 Å². The van der Waals surface area contributed by atoms with Crippen LogP contribution in [0.25, 0.3) is 20.7 Å². The number of benzene rings is 1. The number of nitrogens with one attached hydrogen (secondary N) is 1. The third-order valence-corrected chi connectivity index (χ3v) is 10.7. The van der Waals surface area contributed by atoms with Gasteiger partial charge in [0.1, 0.15) is 33.3 Å². The highest BCUT2D eigenvalue weighted by Crippen LogP contribution is 2.38. The summed E-state index contributed by atoms with van der Waals surface area (Å²) < 4.78 is 0. The zero-order valence-corrected chi connectivity index (χ0v) is 25.1. The molecule has 1 aliphatic heterocycles. The van der Waals surface area contributed by atoms with E-state index in [2.05, 4.69) is 53.4 Å². The number of aromatic nitrogens is 6. The minimum absolute atomic E-state index is 0.475. The Bertz CT molecular complexity index is 1700. The van der Waals surface area contributed by atoms with Crippen LogP contribution in [0.2, 0.25) is 5.15 Å². The highest BCUT2D eigenvalue weighted by Gasteiger charge is 2.22. The summed E-state index contributed by atoms with van der Waals surface area (Å²) in [5.74, 6) is 2.00. The van der Waals surface area contributed by atoms with Gasteiger partial charge >= 0.3 is 0 Å². The van der Waals surface area contributed by atoms with Crippen LogP contribution in [-0.2, 0) is 6.54 Å². The molecule has 0 atom stereocenters. The molecule has 2 saturated carbocycles. The molecular weight excluding hydrogens is 572 g/mol. The van der Waals surface area contributed by atoms with E-state index in [0.29, 0.717) is 17.0 Å². The van der Waals surface area contributed by atoms with Crippen molar-refractivity contribution in [3.05, 3.63) is 57.1 Å². The number of aliphatic imine (C=N–C) groups is 1. The smallest absolute Gasteiger partial charge is 0.161 e. The Morgan fingerprint density at radius 3 is 2.05 bits per heavy atom. The molecule has 1 N–H and O–H groups in total. The molecule has 0 radical (unpaired) electrons. The lowest BCUT2D eigenvalue weighted by Gasteiger charge is -2.18. The van der Waals surface area contributed by atoms with Crippen LogP contribution in [0.5, 0.6) is 0 Å². The van der Waals surface area contributed by atoms with Gasteiger partial charge in [0.15, 0.2) is 11.0 Å². The molecule has 3 aliphatic rings. The first-order valence-electron chi connectivity index (χ1n) is 14.5.